The zero-order chi connectivity index (χ0) is 18.3. The van der Waals surface area contributed by atoms with E-state index in [9.17, 15) is 9.59 Å². The molecule has 0 spiro atoms. The van der Waals surface area contributed by atoms with Crippen LogP contribution in [0.25, 0.3) is 0 Å². The fourth-order valence-electron chi connectivity index (χ4n) is 2.97. The first-order valence-electron chi connectivity index (χ1n) is 8.68. The van der Waals surface area contributed by atoms with Gasteiger partial charge in [-0.05, 0) is 36.6 Å². The van der Waals surface area contributed by atoms with Gasteiger partial charge in [-0.3, -0.25) is 9.59 Å². The van der Waals surface area contributed by atoms with Crippen LogP contribution in [-0.2, 0) is 20.7 Å². The highest BCUT2D eigenvalue weighted by Gasteiger charge is 2.42. The first-order valence-corrected chi connectivity index (χ1v) is 9.83. The first-order chi connectivity index (χ1) is 11.9. The second-order valence-electron chi connectivity index (χ2n) is 6.86. The van der Waals surface area contributed by atoms with Crippen molar-refractivity contribution in [3.8, 4) is 0 Å². The summed E-state index contributed by atoms with van der Waals surface area (Å²) in [5.41, 5.74) is -0.731. The highest BCUT2D eigenvalue weighted by atomic mass is 32.2. The summed E-state index contributed by atoms with van der Waals surface area (Å²) in [6, 6.07) is 3.42. The summed E-state index contributed by atoms with van der Waals surface area (Å²) in [5, 5.41) is 5.97. The van der Waals surface area contributed by atoms with Crippen LogP contribution in [0.5, 0.6) is 0 Å². The Bertz CT molecular complexity index is 553. The van der Waals surface area contributed by atoms with Gasteiger partial charge in [0.05, 0.1) is 12.7 Å². The molecule has 2 unspecified atom stereocenters. The van der Waals surface area contributed by atoms with Crippen LogP contribution in [0.15, 0.2) is 22.8 Å². The lowest BCUT2D eigenvalue weighted by Gasteiger charge is -2.27. The van der Waals surface area contributed by atoms with E-state index in [2.05, 4.69) is 24.5 Å². The second-order valence-corrected chi connectivity index (χ2v) is 7.97. The van der Waals surface area contributed by atoms with Gasteiger partial charge >= 0.3 is 0 Å². The van der Waals surface area contributed by atoms with Crippen molar-refractivity contribution in [3.05, 3.63) is 24.2 Å². The molecule has 2 amide bonds. The minimum atomic E-state index is -0.731. The lowest BCUT2D eigenvalue weighted by molar-refractivity contribution is -0.140. The summed E-state index contributed by atoms with van der Waals surface area (Å²) in [4.78, 5) is 24.8. The Morgan fingerprint density at radius 1 is 1.44 bits per heavy atom. The fraction of sp³-hybridized carbons (Fsp3) is 0.667. The number of ether oxygens (including phenoxy) is 1. The number of amides is 2. The summed E-state index contributed by atoms with van der Waals surface area (Å²) in [5.74, 6) is 2.45. The largest absolute Gasteiger partial charge is 0.469 e. The molecule has 140 valence electrons. The van der Waals surface area contributed by atoms with Gasteiger partial charge in [0.25, 0.3) is 5.91 Å². The Morgan fingerprint density at radius 2 is 2.24 bits per heavy atom. The number of carbonyl (C=O) groups is 2. The normalized spacial score (nSPS) is 21.3. The van der Waals surface area contributed by atoms with Crippen molar-refractivity contribution in [2.45, 2.75) is 44.8 Å². The number of carbonyl (C=O) groups excluding carboxylic acids is 2. The predicted molar refractivity (Wildman–Crippen MR) is 98.5 cm³/mol. The highest BCUT2D eigenvalue weighted by molar-refractivity contribution is 7.99. The lowest BCUT2D eigenvalue weighted by atomic mass is 10.0. The van der Waals surface area contributed by atoms with Crippen molar-refractivity contribution in [2.75, 3.05) is 25.2 Å². The van der Waals surface area contributed by atoms with Gasteiger partial charge in [-0.2, -0.15) is 11.8 Å². The van der Waals surface area contributed by atoms with Crippen LogP contribution >= 0.6 is 11.8 Å². The standard InChI is InChI=1S/C18H28N2O4S/c1-13(2)9-14(20-16(21)10-15-5-4-7-24-15)11-19-17(22)18(23-3)6-8-25-12-18/h4-5,7,13-14H,6,8-12H2,1-3H3,(H,19,22)(H,20,21). The van der Waals surface area contributed by atoms with Gasteiger partial charge in [-0.1, -0.05) is 13.8 Å². The predicted octanol–water partition coefficient (Wildman–Crippen LogP) is 1.99. The molecule has 2 atom stereocenters. The Kier molecular flexibility index (Phi) is 7.38. The molecule has 2 N–H and O–H groups in total. The number of methoxy groups -OCH3 is 1. The van der Waals surface area contributed by atoms with Crippen molar-refractivity contribution in [2.24, 2.45) is 5.92 Å². The van der Waals surface area contributed by atoms with E-state index >= 15 is 0 Å². The van der Waals surface area contributed by atoms with Crippen LogP contribution in [0, 0.1) is 5.92 Å². The molecule has 1 aromatic rings. The molecule has 1 fully saturated rings. The fourth-order valence-corrected chi connectivity index (χ4v) is 4.31. The van der Waals surface area contributed by atoms with Crippen LogP contribution in [0.1, 0.15) is 32.4 Å². The minimum Gasteiger partial charge on any atom is -0.469 e. The van der Waals surface area contributed by atoms with Crippen molar-refractivity contribution in [3.63, 3.8) is 0 Å². The van der Waals surface area contributed by atoms with Gasteiger partial charge in [-0.15, -0.1) is 0 Å². The van der Waals surface area contributed by atoms with E-state index in [0.717, 1.165) is 18.6 Å². The monoisotopic (exact) mass is 368 g/mol. The van der Waals surface area contributed by atoms with Crippen LogP contribution in [-0.4, -0.2) is 48.6 Å². The van der Waals surface area contributed by atoms with Gasteiger partial charge in [0.15, 0.2) is 5.60 Å². The quantitative estimate of drug-likeness (QED) is 0.697. The second kappa shape index (κ2) is 9.29. The third-order valence-electron chi connectivity index (χ3n) is 4.33. The van der Waals surface area contributed by atoms with E-state index in [-0.39, 0.29) is 24.3 Å². The van der Waals surface area contributed by atoms with Gasteiger partial charge in [0, 0.05) is 25.4 Å². The van der Waals surface area contributed by atoms with E-state index < -0.39 is 5.60 Å². The molecule has 2 heterocycles. The average Bonchev–Trinajstić information content (AvgIpc) is 3.23. The van der Waals surface area contributed by atoms with E-state index in [4.69, 9.17) is 9.15 Å². The van der Waals surface area contributed by atoms with Gasteiger partial charge in [0.2, 0.25) is 5.91 Å². The van der Waals surface area contributed by atoms with Crippen LogP contribution in [0.4, 0.5) is 0 Å². The van der Waals surface area contributed by atoms with Crippen LogP contribution < -0.4 is 10.6 Å². The zero-order valence-corrected chi connectivity index (χ0v) is 16.0. The van der Waals surface area contributed by atoms with Gasteiger partial charge in [-0.25, -0.2) is 0 Å². The van der Waals surface area contributed by atoms with E-state index in [1.54, 1.807) is 37.3 Å². The van der Waals surface area contributed by atoms with E-state index in [0.29, 0.717) is 24.0 Å². The molecule has 0 saturated carbocycles. The Morgan fingerprint density at radius 3 is 2.80 bits per heavy atom. The molecule has 0 bridgehead atoms. The number of furan rings is 1. The summed E-state index contributed by atoms with van der Waals surface area (Å²) in [7, 11) is 1.59. The Balaban J connectivity index is 1.88. The van der Waals surface area contributed by atoms with E-state index in [1.807, 2.05) is 0 Å². The number of thioether (sulfide) groups is 1. The summed E-state index contributed by atoms with van der Waals surface area (Å²) in [6.45, 7) is 4.59. The topological polar surface area (TPSA) is 80.6 Å². The van der Waals surface area contributed by atoms with Crippen molar-refractivity contribution < 1.29 is 18.7 Å². The van der Waals surface area contributed by atoms with Crippen LogP contribution in [0.3, 0.4) is 0 Å². The maximum absolute atomic E-state index is 12.6. The maximum atomic E-state index is 12.6. The summed E-state index contributed by atoms with van der Waals surface area (Å²) < 4.78 is 10.7. The maximum Gasteiger partial charge on any atom is 0.253 e. The van der Waals surface area contributed by atoms with Gasteiger partial charge in [0.1, 0.15) is 5.76 Å². The summed E-state index contributed by atoms with van der Waals surface area (Å²) >= 11 is 1.73. The van der Waals surface area contributed by atoms with Crippen molar-refractivity contribution in [1.29, 1.82) is 0 Å². The van der Waals surface area contributed by atoms with Gasteiger partial charge < -0.3 is 19.8 Å². The molecular weight excluding hydrogens is 340 g/mol. The zero-order valence-electron chi connectivity index (χ0n) is 15.2. The van der Waals surface area contributed by atoms with E-state index in [1.165, 1.54) is 0 Å². The molecule has 7 heteroatoms. The molecule has 1 aliphatic rings. The number of hydrogen-bond acceptors (Lipinski definition) is 5. The van der Waals surface area contributed by atoms with Crippen molar-refractivity contribution in [1.82, 2.24) is 10.6 Å². The molecule has 1 aromatic heterocycles. The van der Waals surface area contributed by atoms with Crippen molar-refractivity contribution >= 4 is 23.6 Å². The smallest absolute Gasteiger partial charge is 0.253 e. The molecule has 0 aliphatic carbocycles. The minimum absolute atomic E-state index is 0.0889. The molecule has 1 aliphatic heterocycles. The number of hydrogen-bond donors (Lipinski definition) is 2. The molecule has 6 nitrogen and oxygen atoms in total. The summed E-state index contributed by atoms with van der Waals surface area (Å²) in [6.07, 6.45) is 3.27. The third-order valence-corrected chi connectivity index (χ3v) is 5.50. The molecule has 0 aromatic carbocycles. The Hall–Kier alpha value is -1.47. The molecule has 1 saturated heterocycles. The van der Waals surface area contributed by atoms with Crippen LogP contribution in [0.2, 0.25) is 0 Å². The third kappa shape index (κ3) is 5.78. The number of rotatable bonds is 9. The molecule has 25 heavy (non-hydrogen) atoms. The SMILES string of the molecule is COC1(C(=O)NCC(CC(C)C)NC(=O)Cc2ccco2)CCSC1. The first kappa shape index (κ1) is 19.8. The molecule has 0 radical (unpaired) electrons. The number of nitrogens with one attached hydrogen (secondary N) is 2. The highest BCUT2D eigenvalue weighted by Crippen LogP contribution is 2.31. The Labute approximate surface area is 153 Å². The average molecular weight is 368 g/mol. The molecule has 2 rings (SSSR count). The molecular formula is C18H28N2O4S. The lowest BCUT2D eigenvalue weighted by Crippen LogP contribution is -2.52.